The van der Waals surface area contributed by atoms with Gasteiger partial charge in [-0.1, -0.05) is 17.7 Å². The van der Waals surface area contributed by atoms with E-state index in [0.29, 0.717) is 24.8 Å². The number of hydrogen-bond acceptors (Lipinski definition) is 5. The van der Waals surface area contributed by atoms with Crippen molar-refractivity contribution in [3.05, 3.63) is 52.8 Å². The molecule has 0 bridgehead atoms. The van der Waals surface area contributed by atoms with Crippen LogP contribution in [0.5, 0.6) is 11.5 Å². The minimum Gasteiger partial charge on any atom is -0.497 e. The van der Waals surface area contributed by atoms with E-state index in [2.05, 4.69) is 9.88 Å². The van der Waals surface area contributed by atoms with Crippen molar-refractivity contribution in [3.8, 4) is 11.5 Å². The number of aliphatic hydroxyl groups excluding tert-OH is 1. The summed E-state index contributed by atoms with van der Waals surface area (Å²) in [4.78, 5) is 6.18. The number of ether oxygens (including phenoxy) is 2. The maximum absolute atomic E-state index is 9.34. The molecule has 0 saturated carbocycles. The second-order valence-electron chi connectivity index (χ2n) is 5.07. The van der Waals surface area contributed by atoms with Crippen molar-refractivity contribution in [2.45, 2.75) is 13.1 Å². The molecule has 0 aliphatic rings. The monoisotopic (exact) mass is 336 g/mol. The molecule has 0 amide bonds. The van der Waals surface area contributed by atoms with Gasteiger partial charge in [0, 0.05) is 37.0 Å². The van der Waals surface area contributed by atoms with Gasteiger partial charge in [-0.15, -0.1) is 0 Å². The van der Waals surface area contributed by atoms with Crippen LogP contribution in [0.4, 0.5) is 0 Å². The number of aromatic nitrogens is 1. The zero-order chi connectivity index (χ0) is 16.7. The molecule has 124 valence electrons. The number of nitrogens with zero attached hydrogens (tertiary/aromatic N) is 2. The molecule has 2 aromatic rings. The number of rotatable bonds is 8. The van der Waals surface area contributed by atoms with Gasteiger partial charge < -0.3 is 14.6 Å². The van der Waals surface area contributed by atoms with Crippen LogP contribution in [-0.2, 0) is 13.1 Å². The SMILES string of the molecule is COc1ccc(OC)c(CN(CCO)Cc2cccnc2Cl)c1. The van der Waals surface area contributed by atoms with Crippen LogP contribution in [0.2, 0.25) is 5.15 Å². The molecule has 0 spiro atoms. The molecule has 6 heteroatoms. The Bertz CT molecular complexity index is 637. The minimum absolute atomic E-state index is 0.0597. The Kier molecular flexibility index (Phi) is 6.65. The largest absolute Gasteiger partial charge is 0.497 e. The topological polar surface area (TPSA) is 54.8 Å². The Balaban J connectivity index is 2.20. The third-order valence-electron chi connectivity index (χ3n) is 3.53. The molecule has 0 radical (unpaired) electrons. The summed E-state index contributed by atoms with van der Waals surface area (Å²) in [5, 5.41) is 9.82. The van der Waals surface area contributed by atoms with E-state index < -0.39 is 0 Å². The lowest BCUT2D eigenvalue weighted by Crippen LogP contribution is -2.26. The molecule has 2 rings (SSSR count). The van der Waals surface area contributed by atoms with Crippen molar-refractivity contribution in [3.63, 3.8) is 0 Å². The van der Waals surface area contributed by atoms with Crippen LogP contribution < -0.4 is 9.47 Å². The highest BCUT2D eigenvalue weighted by molar-refractivity contribution is 6.30. The van der Waals surface area contributed by atoms with Crippen molar-refractivity contribution in [2.75, 3.05) is 27.4 Å². The first-order chi connectivity index (χ1) is 11.2. The predicted molar refractivity (Wildman–Crippen MR) is 90.0 cm³/mol. The molecule has 5 nitrogen and oxygen atoms in total. The summed E-state index contributed by atoms with van der Waals surface area (Å²) in [5.41, 5.74) is 1.91. The average molecular weight is 337 g/mol. The van der Waals surface area contributed by atoms with Crippen LogP contribution in [0.25, 0.3) is 0 Å². The zero-order valence-corrected chi connectivity index (χ0v) is 14.1. The minimum atomic E-state index is 0.0597. The van der Waals surface area contributed by atoms with Crippen LogP contribution in [-0.4, -0.2) is 42.4 Å². The molecule has 0 atom stereocenters. The number of benzene rings is 1. The summed E-state index contributed by atoms with van der Waals surface area (Å²) >= 11 is 6.13. The van der Waals surface area contributed by atoms with Gasteiger partial charge in [0.15, 0.2) is 0 Å². The third-order valence-corrected chi connectivity index (χ3v) is 3.87. The molecule has 1 heterocycles. The Morgan fingerprint density at radius 2 is 1.91 bits per heavy atom. The van der Waals surface area contributed by atoms with Crippen LogP contribution in [0, 0.1) is 0 Å². The van der Waals surface area contributed by atoms with Crippen molar-refractivity contribution in [2.24, 2.45) is 0 Å². The fourth-order valence-electron chi connectivity index (χ4n) is 2.38. The standard InChI is InChI=1S/C17H21ClN2O3/c1-22-15-5-6-16(23-2)14(10-15)12-20(8-9-21)11-13-4-3-7-19-17(13)18/h3-7,10,21H,8-9,11-12H2,1-2H3. The molecule has 0 saturated heterocycles. The van der Waals surface area contributed by atoms with Gasteiger partial charge in [0.2, 0.25) is 0 Å². The van der Waals surface area contributed by atoms with E-state index in [-0.39, 0.29) is 6.61 Å². The molecule has 0 aliphatic carbocycles. The first kappa shape index (κ1) is 17.5. The average Bonchev–Trinajstić information content (AvgIpc) is 2.57. The molecule has 1 aromatic carbocycles. The highest BCUT2D eigenvalue weighted by Crippen LogP contribution is 2.26. The van der Waals surface area contributed by atoms with Gasteiger partial charge in [0.25, 0.3) is 0 Å². The maximum Gasteiger partial charge on any atom is 0.133 e. The molecule has 23 heavy (non-hydrogen) atoms. The van der Waals surface area contributed by atoms with Crippen LogP contribution in [0.15, 0.2) is 36.5 Å². The highest BCUT2D eigenvalue weighted by Gasteiger charge is 2.13. The molecular weight excluding hydrogens is 316 g/mol. The fraction of sp³-hybridized carbons (Fsp3) is 0.353. The summed E-state index contributed by atoms with van der Waals surface area (Å²) in [7, 11) is 3.27. The van der Waals surface area contributed by atoms with E-state index in [4.69, 9.17) is 21.1 Å². The first-order valence-electron chi connectivity index (χ1n) is 7.31. The molecule has 1 aromatic heterocycles. The Labute approximate surface area is 141 Å². The van der Waals surface area contributed by atoms with Gasteiger partial charge in [-0.25, -0.2) is 4.98 Å². The van der Waals surface area contributed by atoms with Crippen molar-refractivity contribution >= 4 is 11.6 Å². The molecule has 0 unspecified atom stereocenters. The van der Waals surface area contributed by atoms with Crippen LogP contribution >= 0.6 is 11.6 Å². The number of pyridine rings is 1. The van der Waals surface area contributed by atoms with Crippen molar-refractivity contribution < 1.29 is 14.6 Å². The summed E-state index contributed by atoms with van der Waals surface area (Å²) < 4.78 is 10.7. The molecule has 0 aliphatic heterocycles. The quantitative estimate of drug-likeness (QED) is 0.751. The smallest absolute Gasteiger partial charge is 0.133 e. The fourth-order valence-corrected chi connectivity index (χ4v) is 2.56. The zero-order valence-electron chi connectivity index (χ0n) is 13.3. The van der Waals surface area contributed by atoms with Gasteiger partial charge in [0.1, 0.15) is 16.7 Å². The van der Waals surface area contributed by atoms with E-state index in [1.54, 1.807) is 20.4 Å². The summed E-state index contributed by atoms with van der Waals surface area (Å²) in [6.45, 7) is 1.77. The van der Waals surface area contributed by atoms with Crippen molar-refractivity contribution in [1.29, 1.82) is 0 Å². The van der Waals surface area contributed by atoms with E-state index in [0.717, 1.165) is 22.6 Å². The van der Waals surface area contributed by atoms with E-state index in [1.807, 2.05) is 30.3 Å². The lowest BCUT2D eigenvalue weighted by molar-refractivity contribution is 0.182. The number of halogens is 1. The second-order valence-corrected chi connectivity index (χ2v) is 5.42. The van der Waals surface area contributed by atoms with Gasteiger partial charge >= 0.3 is 0 Å². The Hall–Kier alpha value is -1.82. The first-order valence-corrected chi connectivity index (χ1v) is 7.69. The van der Waals surface area contributed by atoms with E-state index in [9.17, 15) is 5.11 Å². The van der Waals surface area contributed by atoms with Crippen molar-refractivity contribution in [1.82, 2.24) is 9.88 Å². The van der Waals surface area contributed by atoms with E-state index in [1.165, 1.54) is 0 Å². The van der Waals surface area contributed by atoms with Gasteiger partial charge in [-0.3, -0.25) is 4.90 Å². The lowest BCUT2D eigenvalue weighted by Gasteiger charge is -2.23. The molecule has 0 fully saturated rings. The van der Waals surface area contributed by atoms with E-state index >= 15 is 0 Å². The lowest BCUT2D eigenvalue weighted by atomic mass is 10.1. The number of aliphatic hydroxyl groups is 1. The number of hydrogen-bond donors (Lipinski definition) is 1. The number of methoxy groups -OCH3 is 2. The Morgan fingerprint density at radius 1 is 1.13 bits per heavy atom. The van der Waals surface area contributed by atoms with Crippen LogP contribution in [0.1, 0.15) is 11.1 Å². The summed E-state index contributed by atoms with van der Waals surface area (Å²) in [6, 6.07) is 9.46. The predicted octanol–water partition coefficient (Wildman–Crippen LogP) is 2.75. The van der Waals surface area contributed by atoms with Gasteiger partial charge in [-0.2, -0.15) is 0 Å². The molecule has 1 N–H and O–H groups in total. The maximum atomic E-state index is 9.34. The van der Waals surface area contributed by atoms with Gasteiger partial charge in [-0.05, 0) is 24.3 Å². The third kappa shape index (κ3) is 4.82. The highest BCUT2D eigenvalue weighted by atomic mass is 35.5. The van der Waals surface area contributed by atoms with Crippen LogP contribution in [0.3, 0.4) is 0 Å². The molecular formula is C17H21ClN2O3. The normalized spacial score (nSPS) is 10.8. The second kappa shape index (κ2) is 8.72. The Morgan fingerprint density at radius 3 is 2.57 bits per heavy atom. The summed E-state index contributed by atoms with van der Waals surface area (Å²) in [6.07, 6.45) is 1.66. The van der Waals surface area contributed by atoms with Gasteiger partial charge in [0.05, 0.1) is 20.8 Å². The summed E-state index contributed by atoms with van der Waals surface area (Å²) in [5.74, 6) is 1.55.